The molecule has 0 bridgehead atoms. The predicted octanol–water partition coefficient (Wildman–Crippen LogP) is 0.729. The first kappa shape index (κ1) is 15.2. The van der Waals surface area contributed by atoms with Gasteiger partial charge in [-0.15, -0.1) is 0 Å². The minimum atomic E-state index is -0.587. The summed E-state index contributed by atoms with van der Waals surface area (Å²) in [5, 5.41) is 10.6. The van der Waals surface area contributed by atoms with Gasteiger partial charge in [-0.2, -0.15) is 14.9 Å². The van der Waals surface area contributed by atoms with Gasteiger partial charge in [0.1, 0.15) is 29.4 Å². The van der Waals surface area contributed by atoms with Gasteiger partial charge in [0.2, 0.25) is 0 Å². The fourth-order valence-electron chi connectivity index (χ4n) is 2.71. The average Bonchev–Trinajstić information content (AvgIpc) is 3.09. The first-order chi connectivity index (χ1) is 12.1. The Hall–Kier alpha value is -3.36. The number of nitrogens with zero attached hydrogens (tertiary/aromatic N) is 5. The molecule has 1 aromatic carbocycles. The molecule has 1 amide bonds. The number of benzene rings is 1. The maximum Gasteiger partial charge on any atom is 0.274 e. The summed E-state index contributed by atoms with van der Waals surface area (Å²) in [5.41, 5.74) is -0.422. The van der Waals surface area contributed by atoms with Crippen LogP contribution in [0.4, 0.5) is 4.39 Å². The molecule has 3 heterocycles. The largest absolute Gasteiger partial charge is 0.336 e. The predicted molar refractivity (Wildman–Crippen MR) is 84.8 cm³/mol. The van der Waals surface area contributed by atoms with Crippen LogP contribution in [0, 0.1) is 5.82 Å². The third-order valence-corrected chi connectivity index (χ3v) is 4.09. The molecule has 0 saturated carbocycles. The molecule has 0 atom stereocenters. The van der Waals surface area contributed by atoms with Crippen LogP contribution in [0.25, 0.3) is 5.69 Å². The maximum atomic E-state index is 13.9. The molecule has 0 aliphatic carbocycles. The first-order valence-corrected chi connectivity index (χ1v) is 7.63. The number of nitrogens with one attached hydrogen (secondary N) is 1. The number of rotatable bonds is 3. The van der Waals surface area contributed by atoms with Crippen molar-refractivity contribution in [3.63, 3.8) is 0 Å². The zero-order valence-electron chi connectivity index (χ0n) is 13.0. The average molecular weight is 340 g/mol. The van der Waals surface area contributed by atoms with E-state index in [1.807, 2.05) is 0 Å². The fraction of sp³-hybridized carbons (Fsp3) is 0.188. The van der Waals surface area contributed by atoms with Crippen LogP contribution in [0.1, 0.15) is 22.2 Å². The third kappa shape index (κ3) is 2.69. The molecule has 8 nitrogen and oxygen atoms in total. The van der Waals surface area contributed by atoms with Crippen LogP contribution in [-0.4, -0.2) is 48.9 Å². The molecule has 3 aromatic rings. The van der Waals surface area contributed by atoms with Gasteiger partial charge in [0, 0.05) is 19.2 Å². The third-order valence-electron chi connectivity index (χ3n) is 4.09. The summed E-state index contributed by atoms with van der Waals surface area (Å²) < 4.78 is 14.8. The lowest BCUT2D eigenvalue weighted by Gasteiger charge is -2.37. The van der Waals surface area contributed by atoms with Crippen molar-refractivity contribution in [2.24, 2.45) is 0 Å². The van der Waals surface area contributed by atoms with Crippen molar-refractivity contribution in [1.29, 1.82) is 0 Å². The van der Waals surface area contributed by atoms with Crippen LogP contribution in [0.3, 0.4) is 0 Å². The summed E-state index contributed by atoms with van der Waals surface area (Å²) in [4.78, 5) is 30.2. The van der Waals surface area contributed by atoms with Gasteiger partial charge in [-0.05, 0) is 18.2 Å². The minimum Gasteiger partial charge on any atom is -0.336 e. The summed E-state index contributed by atoms with van der Waals surface area (Å²) in [5.74, 6) is -0.0749. The second-order valence-electron chi connectivity index (χ2n) is 5.70. The maximum absolute atomic E-state index is 13.9. The van der Waals surface area contributed by atoms with Crippen LogP contribution in [0.5, 0.6) is 0 Å². The second kappa shape index (κ2) is 5.93. The Morgan fingerprint density at radius 3 is 2.72 bits per heavy atom. The van der Waals surface area contributed by atoms with Crippen molar-refractivity contribution >= 4 is 5.91 Å². The van der Waals surface area contributed by atoms with Crippen molar-refractivity contribution < 1.29 is 9.18 Å². The van der Waals surface area contributed by atoms with E-state index in [2.05, 4.69) is 20.3 Å². The van der Waals surface area contributed by atoms with E-state index in [4.69, 9.17) is 0 Å². The normalized spacial score (nSPS) is 14.4. The summed E-state index contributed by atoms with van der Waals surface area (Å²) in [6.45, 7) is 0.961. The Labute approximate surface area is 140 Å². The molecule has 0 spiro atoms. The molecule has 1 aliphatic heterocycles. The van der Waals surface area contributed by atoms with Crippen LogP contribution in [-0.2, 0) is 0 Å². The lowest BCUT2D eigenvalue weighted by molar-refractivity contribution is 0.0586. The first-order valence-electron chi connectivity index (χ1n) is 7.63. The van der Waals surface area contributed by atoms with Gasteiger partial charge in [0.25, 0.3) is 11.5 Å². The van der Waals surface area contributed by atoms with E-state index in [9.17, 15) is 14.0 Å². The molecule has 2 aromatic heterocycles. The molecule has 1 fully saturated rings. The minimum absolute atomic E-state index is 0.00490. The number of para-hydroxylation sites is 1. The summed E-state index contributed by atoms with van der Waals surface area (Å²) >= 11 is 0. The van der Waals surface area contributed by atoms with E-state index >= 15 is 0 Å². The molecule has 1 aliphatic rings. The fourth-order valence-corrected chi connectivity index (χ4v) is 2.71. The number of amides is 1. The number of carbonyl (C=O) groups excluding carboxylic acids is 1. The van der Waals surface area contributed by atoms with Gasteiger partial charge >= 0.3 is 0 Å². The molecule has 1 N–H and O–H groups in total. The number of H-pyrrole nitrogens is 1. The van der Waals surface area contributed by atoms with Crippen LogP contribution in [0.15, 0.2) is 47.5 Å². The Bertz CT molecular complexity index is 978. The Kier molecular flexibility index (Phi) is 3.60. The number of hydrogen-bond donors (Lipinski definition) is 1. The number of hydrogen-bond acceptors (Lipinski definition) is 5. The zero-order valence-corrected chi connectivity index (χ0v) is 13.0. The van der Waals surface area contributed by atoms with Crippen LogP contribution < -0.4 is 5.56 Å². The van der Waals surface area contributed by atoms with Gasteiger partial charge in [-0.3, -0.25) is 14.7 Å². The van der Waals surface area contributed by atoms with Crippen molar-refractivity contribution in [2.45, 2.75) is 5.92 Å². The van der Waals surface area contributed by atoms with Gasteiger partial charge in [-0.25, -0.2) is 9.37 Å². The quantitative estimate of drug-likeness (QED) is 0.758. The van der Waals surface area contributed by atoms with Gasteiger partial charge in [0.05, 0.1) is 5.92 Å². The SMILES string of the molecule is O=C(c1ccc(=O)n(-c2ccccc2F)n1)N1CC(c2ncn[nH]2)C1. The van der Waals surface area contributed by atoms with E-state index in [0.717, 1.165) is 10.5 Å². The summed E-state index contributed by atoms with van der Waals surface area (Å²) in [6.07, 6.45) is 1.42. The molecule has 4 rings (SSSR count). The van der Waals surface area contributed by atoms with E-state index in [-0.39, 0.29) is 23.2 Å². The summed E-state index contributed by atoms with van der Waals surface area (Å²) in [7, 11) is 0. The van der Waals surface area contributed by atoms with Crippen molar-refractivity contribution in [2.75, 3.05) is 13.1 Å². The van der Waals surface area contributed by atoms with Gasteiger partial charge < -0.3 is 4.90 Å². The number of aromatic amines is 1. The highest BCUT2D eigenvalue weighted by Gasteiger charge is 2.34. The lowest BCUT2D eigenvalue weighted by Crippen LogP contribution is -2.49. The molecule has 126 valence electrons. The van der Waals surface area contributed by atoms with Crippen LogP contribution in [0.2, 0.25) is 0 Å². The van der Waals surface area contributed by atoms with E-state index in [1.54, 1.807) is 11.0 Å². The number of likely N-dealkylation sites (tertiary alicyclic amines) is 1. The van der Waals surface area contributed by atoms with Crippen LogP contribution >= 0.6 is 0 Å². The standard InChI is InChI=1S/C16H13FN6O2/c17-11-3-1-2-4-13(11)23-14(24)6-5-12(21-23)16(25)22-7-10(8-22)15-18-9-19-20-15/h1-6,9-10H,7-8H2,(H,18,19,20). The Morgan fingerprint density at radius 1 is 1.20 bits per heavy atom. The topological polar surface area (TPSA) is 96.8 Å². The van der Waals surface area contributed by atoms with Gasteiger partial charge in [0.15, 0.2) is 0 Å². The van der Waals surface area contributed by atoms with Crippen molar-refractivity contribution in [3.8, 4) is 5.69 Å². The number of halogens is 1. The van der Waals surface area contributed by atoms with Crippen molar-refractivity contribution in [1.82, 2.24) is 29.9 Å². The second-order valence-corrected chi connectivity index (χ2v) is 5.70. The monoisotopic (exact) mass is 340 g/mol. The molecular weight excluding hydrogens is 327 g/mol. The van der Waals surface area contributed by atoms with Gasteiger partial charge in [-0.1, -0.05) is 12.1 Å². The molecule has 0 radical (unpaired) electrons. The lowest BCUT2D eigenvalue weighted by atomic mass is 9.99. The van der Waals surface area contributed by atoms with E-state index < -0.39 is 11.4 Å². The molecule has 1 saturated heterocycles. The zero-order chi connectivity index (χ0) is 17.4. The van der Waals surface area contributed by atoms with E-state index in [1.165, 1.54) is 36.7 Å². The Morgan fingerprint density at radius 2 is 2.00 bits per heavy atom. The molecule has 25 heavy (non-hydrogen) atoms. The smallest absolute Gasteiger partial charge is 0.274 e. The Balaban J connectivity index is 1.58. The highest BCUT2D eigenvalue weighted by Crippen LogP contribution is 2.25. The molecule has 0 unspecified atom stereocenters. The molecular formula is C16H13FN6O2. The van der Waals surface area contributed by atoms with Crippen molar-refractivity contribution in [3.05, 3.63) is 70.4 Å². The number of carbonyl (C=O) groups is 1. The van der Waals surface area contributed by atoms with E-state index in [0.29, 0.717) is 13.1 Å². The highest BCUT2D eigenvalue weighted by atomic mass is 19.1. The summed E-state index contributed by atoms with van der Waals surface area (Å²) in [6, 6.07) is 8.34. The number of aromatic nitrogens is 5. The highest BCUT2D eigenvalue weighted by molar-refractivity contribution is 5.92. The molecule has 9 heteroatoms.